The Morgan fingerprint density at radius 1 is 1.04 bits per heavy atom. The van der Waals surface area contributed by atoms with Gasteiger partial charge in [-0.2, -0.15) is 0 Å². The van der Waals surface area contributed by atoms with Crippen molar-refractivity contribution in [1.29, 1.82) is 0 Å². The topological polar surface area (TPSA) is 172 Å². The van der Waals surface area contributed by atoms with E-state index in [-0.39, 0.29) is 0 Å². The lowest BCUT2D eigenvalue weighted by Gasteiger charge is -2.28. The van der Waals surface area contributed by atoms with E-state index in [2.05, 4.69) is 22.3 Å². The number of amides is 8. The van der Waals surface area contributed by atoms with Gasteiger partial charge in [0.15, 0.2) is 12.3 Å². The molecule has 2 fully saturated rings. The molecule has 124 valence electrons. The third-order valence-corrected chi connectivity index (χ3v) is 3.21. The van der Waals surface area contributed by atoms with Crippen molar-refractivity contribution < 1.29 is 34.2 Å². The highest BCUT2D eigenvalue weighted by Gasteiger charge is 2.51. The summed E-state index contributed by atoms with van der Waals surface area (Å²) in [5, 5.41) is 22.1. The van der Waals surface area contributed by atoms with Gasteiger partial charge in [0.1, 0.15) is 13.5 Å². The molecule has 0 aromatic heterocycles. The maximum absolute atomic E-state index is 12.0. The molecule has 0 radical (unpaired) electrons. The van der Waals surface area contributed by atoms with Gasteiger partial charge < -0.3 is 20.8 Å². The first kappa shape index (κ1) is 16.3. The summed E-state index contributed by atoms with van der Waals surface area (Å²) in [6, 6.07) is -3.18. The van der Waals surface area contributed by atoms with E-state index in [4.69, 9.17) is 10.2 Å². The molecule has 0 bridgehead atoms. The molecule has 0 aromatic rings. The fraction of sp³-hybridized carbons (Fsp3) is 0.400. The molecule has 2 heterocycles. The highest BCUT2D eigenvalue weighted by molar-refractivity contribution is 6.08. The quantitative estimate of drug-likeness (QED) is 0.310. The number of aliphatic imine (C=N–C) groups is 1. The van der Waals surface area contributed by atoms with E-state index in [1.54, 1.807) is 0 Å². The van der Waals surface area contributed by atoms with Gasteiger partial charge in [-0.15, -0.1) is 0 Å². The summed E-state index contributed by atoms with van der Waals surface area (Å²) < 4.78 is 0. The summed E-state index contributed by atoms with van der Waals surface area (Å²) in [5.41, 5.74) is 0. The van der Waals surface area contributed by atoms with Crippen molar-refractivity contribution in [3.8, 4) is 0 Å². The van der Waals surface area contributed by atoms with Crippen LogP contribution in [0.25, 0.3) is 0 Å². The minimum absolute atomic E-state index is 0.388. The van der Waals surface area contributed by atoms with Crippen molar-refractivity contribution in [3.63, 3.8) is 0 Å². The normalized spacial score (nSPS) is 23.9. The molecular formula is C10H12N6O7. The molecule has 2 aliphatic heterocycles. The summed E-state index contributed by atoms with van der Waals surface area (Å²) in [5.74, 6) is -2.06. The van der Waals surface area contributed by atoms with E-state index in [1.807, 2.05) is 0 Å². The lowest BCUT2D eigenvalue weighted by atomic mass is 10.3. The number of aliphatic hydroxyl groups excluding tert-OH is 2. The Bertz CT molecular complexity index is 565. The van der Waals surface area contributed by atoms with Gasteiger partial charge in [0.2, 0.25) is 0 Å². The number of aliphatic hydroxyl groups is 2. The second-order valence-corrected chi connectivity index (χ2v) is 4.37. The molecule has 2 aliphatic rings. The first-order valence-electron chi connectivity index (χ1n) is 6.11. The Hall–Kier alpha value is -3.06. The summed E-state index contributed by atoms with van der Waals surface area (Å²) >= 11 is 0. The Kier molecular flexibility index (Phi) is 4.24. The smallest absolute Gasteiger partial charge is 0.347 e. The molecule has 0 aliphatic carbocycles. The average molecular weight is 328 g/mol. The predicted octanol–water partition coefficient (Wildman–Crippen LogP) is -3.24. The molecule has 0 spiro atoms. The van der Waals surface area contributed by atoms with Gasteiger partial charge >= 0.3 is 18.1 Å². The zero-order valence-electron chi connectivity index (χ0n) is 11.5. The van der Waals surface area contributed by atoms with Crippen molar-refractivity contribution in [1.82, 2.24) is 25.3 Å². The van der Waals surface area contributed by atoms with Crippen molar-refractivity contribution in [2.45, 2.75) is 12.3 Å². The maximum atomic E-state index is 12.0. The van der Waals surface area contributed by atoms with Gasteiger partial charge in [0.05, 0.1) is 0 Å². The molecule has 4 N–H and O–H groups in total. The zero-order chi connectivity index (χ0) is 17.3. The van der Waals surface area contributed by atoms with Gasteiger partial charge in [-0.3, -0.25) is 14.5 Å². The SMILES string of the molecule is C=NC(=O)N(C1NC(=O)N(CO)C1=O)C1NC(=O)N(CO)C1=O. The molecule has 2 unspecified atom stereocenters. The molecule has 23 heavy (non-hydrogen) atoms. The predicted molar refractivity (Wildman–Crippen MR) is 69.3 cm³/mol. The Morgan fingerprint density at radius 3 is 1.70 bits per heavy atom. The molecule has 13 nitrogen and oxygen atoms in total. The number of nitrogens with zero attached hydrogens (tertiary/aromatic N) is 4. The van der Waals surface area contributed by atoms with Gasteiger partial charge in [-0.05, 0) is 6.72 Å². The van der Waals surface area contributed by atoms with Crippen LogP contribution >= 0.6 is 0 Å². The second kappa shape index (κ2) is 5.98. The summed E-state index contributed by atoms with van der Waals surface area (Å²) in [6.07, 6.45) is -3.36. The third kappa shape index (κ3) is 2.47. The second-order valence-electron chi connectivity index (χ2n) is 4.37. The van der Waals surface area contributed by atoms with Gasteiger partial charge in [-0.25, -0.2) is 29.2 Å². The fourth-order valence-electron chi connectivity index (χ4n) is 2.11. The summed E-state index contributed by atoms with van der Waals surface area (Å²) in [4.78, 5) is 63.4. The Balaban J connectivity index is 2.36. The summed E-state index contributed by atoms with van der Waals surface area (Å²) in [6.45, 7) is 1.08. The van der Waals surface area contributed by atoms with Crippen LogP contribution in [0.1, 0.15) is 0 Å². The third-order valence-electron chi connectivity index (χ3n) is 3.21. The highest BCUT2D eigenvalue weighted by atomic mass is 16.3. The number of hydrogen-bond donors (Lipinski definition) is 4. The lowest BCUT2D eigenvalue weighted by Crippen LogP contribution is -2.59. The largest absolute Gasteiger partial charge is 0.376 e. The number of rotatable bonds is 4. The lowest BCUT2D eigenvalue weighted by molar-refractivity contribution is -0.137. The van der Waals surface area contributed by atoms with Crippen LogP contribution in [0, 0.1) is 0 Å². The van der Waals surface area contributed by atoms with Crippen LogP contribution in [-0.4, -0.2) is 87.3 Å². The maximum Gasteiger partial charge on any atom is 0.347 e. The monoisotopic (exact) mass is 328 g/mol. The van der Waals surface area contributed by atoms with Crippen LogP contribution in [0.4, 0.5) is 14.4 Å². The number of nitrogens with one attached hydrogen (secondary N) is 2. The first-order chi connectivity index (χ1) is 10.9. The molecule has 2 rings (SSSR count). The number of imide groups is 2. The number of carbonyl (C=O) groups excluding carboxylic acids is 5. The van der Waals surface area contributed by atoms with Crippen LogP contribution < -0.4 is 10.6 Å². The van der Waals surface area contributed by atoms with Crippen molar-refractivity contribution in [3.05, 3.63) is 0 Å². The minimum Gasteiger partial charge on any atom is -0.376 e. The summed E-state index contributed by atoms with van der Waals surface area (Å²) in [7, 11) is 0. The molecule has 0 saturated carbocycles. The van der Waals surface area contributed by atoms with E-state index < -0.39 is 55.7 Å². The van der Waals surface area contributed by atoms with Gasteiger partial charge in [0.25, 0.3) is 11.8 Å². The minimum atomic E-state index is -1.68. The zero-order valence-corrected chi connectivity index (χ0v) is 11.5. The number of carbonyl (C=O) groups is 5. The van der Waals surface area contributed by atoms with Crippen LogP contribution in [0.5, 0.6) is 0 Å². The Morgan fingerprint density at radius 2 is 1.43 bits per heavy atom. The van der Waals surface area contributed by atoms with E-state index in [0.29, 0.717) is 14.7 Å². The van der Waals surface area contributed by atoms with Crippen molar-refractivity contribution in [2.24, 2.45) is 4.99 Å². The van der Waals surface area contributed by atoms with Crippen LogP contribution in [0.15, 0.2) is 4.99 Å². The highest BCUT2D eigenvalue weighted by Crippen LogP contribution is 2.18. The Labute approximate surface area is 128 Å². The van der Waals surface area contributed by atoms with Crippen LogP contribution in [0.2, 0.25) is 0 Å². The average Bonchev–Trinajstić information content (AvgIpc) is 2.96. The molecule has 13 heteroatoms. The van der Waals surface area contributed by atoms with Crippen LogP contribution in [-0.2, 0) is 9.59 Å². The number of urea groups is 3. The molecule has 2 saturated heterocycles. The van der Waals surface area contributed by atoms with E-state index in [9.17, 15) is 24.0 Å². The molecule has 8 amide bonds. The first-order valence-corrected chi connectivity index (χ1v) is 6.11. The van der Waals surface area contributed by atoms with Crippen molar-refractivity contribution >= 4 is 36.6 Å². The van der Waals surface area contributed by atoms with Crippen LogP contribution in [0.3, 0.4) is 0 Å². The van der Waals surface area contributed by atoms with Gasteiger partial charge in [-0.1, -0.05) is 0 Å². The van der Waals surface area contributed by atoms with E-state index in [1.165, 1.54) is 0 Å². The van der Waals surface area contributed by atoms with E-state index in [0.717, 1.165) is 0 Å². The molecular weight excluding hydrogens is 316 g/mol. The standard InChI is InChI=1S/C10H12N6O7/c1-11-8(21)16(4-6(19)14(2-17)9(22)12-4)5-7(20)15(3-18)10(23)13-5/h4-5,17-18H,1-3H2,(H,12,22)(H,13,23). The molecule has 2 atom stereocenters. The molecule has 0 aromatic carbocycles. The van der Waals surface area contributed by atoms with Crippen molar-refractivity contribution in [2.75, 3.05) is 13.5 Å². The number of hydrogen-bond acceptors (Lipinski definition) is 7. The van der Waals surface area contributed by atoms with E-state index >= 15 is 0 Å². The fourth-order valence-corrected chi connectivity index (χ4v) is 2.11. The van der Waals surface area contributed by atoms with Gasteiger partial charge in [0, 0.05) is 0 Å².